The topological polar surface area (TPSA) is 147 Å². The van der Waals surface area contributed by atoms with Gasteiger partial charge in [0.1, 0.15) is 6.61 Å². The van der Waals surface area contributed by atoms with Crippen molar-refractivity contribution in [2.24, 2.45) is 27.7 Å². The van der Waals surface area contributed by atoms with Crippen molar-refractivity contribution in [2.45, 2.75) is 25.3 Å². The number of carbonyl (C=O) groups excluding carboxylic acids is 1. The average Bonchev–Trinajstić information content (AvgIpc) is 3.34. The summed E-state index contributed by atoms with van der Waals surface area (Å²) >= 11 is 0. The van der Waals surface area contributed by atoms with Crippen LogP contribution in [0.1, 0.15) is 30.9 Å². The van der Waals surface area contributed by atoms with Gasteiger partial charge in [-0.2, -0.15) is 14.5 Å². The van der Waals surface area contributed by atoms with Gasteiger partial charge in [0.2, 0.25) is 17.7 Å². The molecular weight excluding hydrogens is 429 g/mol. The molecule has 0 saturated carbocycles. The quantitative estimate of drug-likeness (QED) is 0.241. The van der Waals surface area contributed by atoms with Gasteiger partial charge in [-0.1, -0.05) is 30.3 Å². The molecule has 4 rings (SSSR count). The Morgan fingerprint density at radius 1 is 1.27 bits per heavy atom. The van der Waals surface area contributed by atoms with Gasteiger partial charge in [0.15, 0.2) is 5.84 Å². The minimum absolute atomic E-state index is 0.0181. The SMILES string of the molecule is NN/N=C(\N)COc1nc(N2CCC(C(=O)N3N=CCC3c3ccccc3)CC2)ncc1F. The summed E-state index contributed by atoms with van der Waals surface area (Å²) in [4.78, 5) is 23.3. The lowest BCUT2D eigenvalue weighted by atomic mass is 9.94. The third-order valence-corrected chi connectivity index (χ3v) is 5.63. The molecule has 1 unspecified atom stereocenters. The van der Waals surface area contributed by atoms with Crippen molar-refractivity contribution >= 4 is 23.9 Å². The highest BCUT2D eigenvalue weighted by Crippen LogP contribution is 2.32. The molecule has 1 aromatic heterocycles. The second-order valence-electron chi connectivity index (χ2n) is 7.75. The van der Waals surface area contributed by atoms with Crippen LogP contribution in [-0.4, -0.2) is 52.6 Å². The number of benzene rings is 1. The number of hydrogen-bond acceptors (Lipinski definition) is 9. The van der Waals surface area contributed by atoms with Crippen LogP contribution in [0.3, 0.4) is 0 Å². The molecule has 0 spiro atoms. The van der Waals surface area contributed by atoms with Crippen LogP contribution in [-0.2, 0) is 4.79 Å². The number of nitrogens with two attached hydrogens (primary N) is 2. The lowest BCUT2D eigenvalue weighted by molar-refractivity contribution is -0.138. The Morgan fingerprint density at radius 3 is 2.76 bits per heavy atom. The fourth-order valence-electron chi connectivity index (χ4n) is 3.95. The third kappa shape index (κ3) is 5.17. The van der Waals surface area contributed by atoms with Crippen LogP contribution in [0.2, 0.25) is 0 Å². The molecule has 0 aliphatic carbocycles. The number of carbonyl (C=O) groups is 1. The molecule has 5 N–H and O–H groups in total. The van der Waals surface area contributed by atoms with Gasteiger partial charge in [0, 0.05) is 31.6 Å². The lowest BCUT2D eigenvalue weighted by Gasteiger charge is -2.33. The number of amides is 1. The summed E-state index contributed by atoms with van der Waals surface area (Å²) in [6.45, 7) is 0.915. The third-order valence-electron chi connectivity index (χ3n) is 5.63. The zero-order valence-corrected chi connectivity index (χ0v) is 18.0. The van der Waals surface area contributed by atoms with Crippen LogP contribution < -0.4 is 26.7 Å². The van der Waals surface area contributed by atoms with Crippen LogP contribution in [0.4, 0.5) is 10.3 Å². The molecule has 2 aromatic rings. The van der Waals surface area contributed by atoms with Crippen molar-refractivity contribution in [3.63, 3.8) is 0 Å². The maximum atomic E-state index is 14.0. The Bertz CT molecular complexity index is 1030. The molecule has 3 heterocycles. The summed E-state index contributed by atoms with van der Waals surface area (Å²) in [5.74, 6) is 4.33. The second-order valence-corrected chi connectivity index (χ2v) is 7.75. The van der Waals surface area contributed by atoms with E-state index in [1.165, 1.54) is 0 Å². The zero-order chi connectivity index (χ0) is 23.2. The number of hydrazone groups is 2. The summed E-state index contributed by atoms with van der Waals surface area (Å²) < 4.78 is 19.3. The maximum Gasteiger partial charge on any atom is 0.255 e. The first-order valence-corrected chi connectivity index (χ1v) is 10.6. The van der Waals surface area contributed by atoms with Gasteiger partial charge in [0.05, 0.1) is 12.2 Å². The summed E-state index contributed by atoms with van der Waals surface area (Å²) in [5.41, 5.74) is 8.67. The molecule has 1 amide bonds. The molecule has 1 fully saturated rings. The number of hydrazine groups is 1. The van der Waals surface area contributed by atoms with E-state index in [9.17, 15) is 9.18 Å². The molecule has 1 saturated heterocycles. The molecule has 0 radical (unpaired) electrons. The molecule has 2 aliphatic rings. The van der Waals surface area contributed by atoms with Crippen molar-refractivity contribution in [3.8, 4) is 5.88 Å². The Balaban J connectivity index is 1.37. The number of amidine groups is 1. The highest BCUT2D eigenvalue weighted by atomic mass is 19.1. The predicted octanol–water partition coefficient (Wildman–Crippen LogP) is 0.906. The number of rotatable bonds is 7. The average molecular weight is 455 g/mol. The van der Waals surface area contributed by atoms with Crippen molar-refractivity contribution in [1.82, 2.24) is 20.5 Å². The Kier molecular flexibility index (Phi) is 6.93. The van der Waals surface area contributed by atoms with Gasteiger partial charge in [-0.25, -0.2) is 21.4 Å². The molecular formula is C21H26FN9O2. The summed E-state index contributed by atoms with van der Waals surface area (Å²) in [7, 11) is 0. The van der Waals surface area contributed by atoms with E-state index in [4.69, 9.17) is 16.3 Å². The van der Waals surface area contributed by atoms with Crippen LogP contribution in [0.5, 0.6) is 5.88 Å². The summed E-state index contributed by atoms with van der Waals surface area (Å²) in [6.07, 6.45) is 4.78. The van der Waals surface area contributed by atoms with E-state index in [0.29, 0.717) is 38.3 Å². The summed E-state index contributed by atoms with van der Waals surface area (Å²) in [5, 5.41) is 9.49. The predicted molar refractivity (Wildman–Crippen MR) is 121 cm³/mol. The number of nitrogens with zero attached hydrogens (tertiary/aromatic N) is 6. The fraction of sp³-hybridized carbons (Fsp3) is 0.381. The first kappa shape index (κ1) is 22.4. The molecule has 12 heteroatoms. The van der Waals surface area contributed by atoms with Crippen molar-refractivity contribution in [3.05, 3.63) is 47.9 Å². The molecule has 1 aromatic carbocycles. The number of ether oxygens (including phenoxy) is 1. The van der Waals surface area contributed by atoms with E-state index >= 15 is 0 Å². The molecule has 0 bridgehead atoms. The van der Waals surface area contributed by atoms with E-state index in [2.05, 4.69) is 20.2 Å². The van der Waals surface area contributed by atoms with Crippen LogP contribution >= 0.6 is 0 Å². The lowest BCUT2D eigenvalue weighted by Crippen LogP contribution is -2.41. The van der Waals surface area contributed by atoms with Crippen molar-refractivity contribution in [2.75, 3.05) is 24.6 Å². The highest BCUT2D eigenvalue weighted by molar-refractivity contribution is 5.82. The monoisotopic (exact) mass is 455 g/mol. The minimum atomic E-state index is -0.712. The molecule has 2 aliphatic heterocycles. The molecule has 11 nitrogen and oxygen atoms in total. The number of nitrogens with one attached hydrogen (secondary N) is 1. The van der Waals surface area contributed by atoms with Gasteiger partial charge < -0.3 is 15.4 Å². The number of aromatic nitrogens is 2. The van der Waals surface area contributed by atoms with Gasteiger partial charge in [-0.15, -0.1) is 5.10 Å². The first-order valence-electron chi connectivity index (χ1n) is 10.6. The smallest absolute Gasteiger partial charge is 0.255 e. The summed E-state index contributed by atoms with van der Waals surface area (Å²) in [6, 6.07) is 9.84. The van der Waals surface area contributed by atoms with Crippen LogP contribution in [0.15, 0.2) is 46.7 Å². The molecule has 174 valence electrons. The Morgan fingerprint density at radius 2 is 2.03 bits per heavy atom. The minimum Gasteiger partial charge on any atom is -0.467 e. The number of anilines is 1. The van der Waals surface area contributed by atoms with Crippen molar-refractivity contribution < 1.29 is 13.9 Å². The zero-order valence-electron chi connectivity index (χ0n) is 18.0. The largest absolute Gasteiger partial charge is 0.467 e. The van der Waals surface area contributed by atoms with E-state index in [1.54, 1.807) is 11.2 Å². The Hall–Kier alpha value is -3.80. The van der Waals surface area contributed by atoms with Gasteiger partial charge in [0.25, 0.3) is 5.88 Å². The number of halogens is 1. The van der Waals surface area contributed by atoms with Gasteiger partial charge >= 0.3 is 0 Å². The van der Waals surface area contributed by atoms with E-state index < -0.39 is 5.82 Å². The normalized spacial score (nSPS) is 19.1. The van der Waals surface area contributed by atoms with Gasteiger partial charge in [-0.05, 0) is 18.4 Å². The number of piperidine rings is 1. The Labute approximate surface area is 190 Å². The molecule has 33 heavy (non-hydrogen) atoms. The fourth-order valence-corrected chi connectivity index (χ4v) is 3.95. The van der Waals surface area contributed by atoms with E-state index in [-0.39, 0.29) is 36.2 Å². The standard InChI is InChI=1S/C21H26FN9O2/c22-16-12-25-21(27-19(16)33-13-18(23)28-29-24)30-10-7-15(8-11-30)20(32)31-17(6-9-26-31)14-4-2-1-3-5-14/h1-5,9,12,15,17,29H,6-8,10-11,13,24H2,(H2,23,28). The highest BCUT2D eigenvalue weighted by Gasteiger charge is 2.35. The van der Waals surface area contributed by atoms with Crippen LogP contribution in [0, 0.1) is 11.7 Å². The maximum absolute atomic E-state index is 14.0. The van der Waals surface area contributed by atoms with E-state index in [0.717, 1.165) is 11.8 Å². The first-order chi connectivity index (χ1) is 16.1. The van der Waals surface area contributed by atoms with E-state index in [1.807, 2.05) is 40.8 Å². The molecule has 1 atom stereocenters. The van der Waals surface area contributed by atoms with Gasteiger partial charge in [-0.3, -0.25) is 4.79 Å². The van der Waals surface area contributed by atoms with Crippen LogP contribution in [0.25, 0.3) is 0 Å². The second kappa shape index (κ2) is 10.2. The van der Waals surface area contributed by atoms with Crippen molar-refractivity contribution in [1.29, 1.82) is 0 Å². The number of hydrogen-bond donors (Lipinski definition) is 3.